The molecular formula is C13H8N4O2. The van der Waals surface area contributed by atoms with Gasteiger partial charge in [0.25, 0.3) is 5.56 Å². The third-order valence-electron chi connectivity index (χ3n) is 2.60. The summed E-state index contributed by atoms with van der Waals surface area (Å²) >= 11 is 0. The molecule has 1 aromatic carbocycles. The molecule has 2 aromatic rings. The van der Waals surface area contributed by atoms with E-state index in [4.69, 9.17) is 5.26 Å². The zero-order valence-corrected chi connectivity index (χ0v) is 9.70. The summed E-state index contributed by atoms with van der Waals surface area (Å²) in [5, 5.41) is 18.0. The molecule has 0 spiro atoms. The van der Waals surface area contributed by atoms with Crippen molar-refractivity contribution in [2.75, 3.05) is 0 Å². The first-order chi connectivity index (χ1) is 9.17. The van der Waals surface area contributed by atoms with Gasteiger partial charge in [-0.25, -0.2) is 4.79 Å². The lowest BCUT2D eigenvalue weighted by Crippen LogP contribution is -2.33. The molecule has 0 radical (unpaired) electrons. The van der Waals surface area contributed by atoms with Gasteiger partial charge in [-0.3, -0.25) is 14.3 Å². The Labute approximate surface area is 107 Å². The second kappa shape index (κ2) is 5.03. The standard InChI is InChI=1S/C13H8N4O2/c14-6-10-8-17(13(19)16-12(10)18)11(7-15)9-4-2-1-3-5-9/h1-5,8,11H,(H,16,18,19). The highest BCUT2D eigenvalue weighted by Gasteiger charge is 2.15. The first kappa shape index (κ1) is 12.3. The molecule has 1 heterocycles. The molecular weight excluding hydrogens is 244 g/mol. The molecule has 0 aliphatic carbocycles. The van der Waals surface area contributed by atoms with Crippen LogP contribution in [0.5, 0.6) is 0 Å². The summed E-state index contributed by atoms with van der Waals surface area (Å²) in [6.07, 6.45) is 1.10. The SMILES string of the molecule is N#Cc1cn(C(C#N)c2ccccc2)c(=O)[nH]c1=O. The van der Waals surface area contributed by atoms with E-state index in [0.29, 0.717) is 5.56 Å². The van der Waals surface area contributed by atoms with Crippen molar-refractivity contribution in [1.82, 2.24) is 9.55 Å². The summed E-state index contributed by atoms with van der Waals surface area (Å²) < 4.78 is 1.04. The fourth-order valence-electron chi connectivity index (χ4n) is 1.69. The quantitative estimate of drug-likeness (QED) is 0.841. The molecule has 1 atom stereocenters. The smallest absolute Gasteiger partial charge is 0.279 e. The fourth-order valence-corrected chi connectivity index (χ4v) is 1.69. The third kappa shape index (κ3) is 2.28. The number of hydrogen-bond donors (Lipinski definition) is 1. The highest BCUT2D eigenvalue weighted by atomic mass is 16.2. The maximum Gasteiger partial charge on any atom is 0.329 e. The monoisotopic (exact) mass is 252 g/mol. The predicted molar refractivity (Wildman–Crippen MR) is 66.2 cm³/mol. The zero-order chi connectivity index (χ0) is 13.8. The number of nitrogens with zero attached hydrogens (tertiary/aromatic N) is 3. The highest BCUT2D eigenvalue weighted by Crippen LogP contribution is 2.14. The summed E-state index contributed by atoms with van der Waals surface area (Å²) in [6.45, 7) is 0. The van der Waals surface area contributed by atoms with E-state index in [2.05, 4.69) is 0 Å². The lowest BCUT2D eigenvalue weighted by atomic mass is 10.1. The summed E-state index contributed by atoms with van der Waals surface area (Å²) in [5.74, 6) is 0. The average Bonchev–Trinajstić information content (AvgIpc) is 2.43. The topological polar surface area (TPSA) is 102 Å². The number of nitriles is 2. The number of nitrogens with one attached hydrogen (secondary N) is 1. The van der Waals surface area contributed by atoms with Crippen molar-refractivity contribution in [3.63, 3.8) is 0 Å². The summed E-state index contributed by atoms with van der Waals surface area (Å²) in [5.41, 5.74) is -1.09. The Hall–Kier alpha value is -3.12. The molecule has 1 aromatic heterocycles. The first-order valence-corrected chi connectivity index (χ1v) is 5.37. The number of benzene rings is 1. The van der Waals surface area contributed by atoms with Gasteiger partial charge in [0.05, 0.1) is 6.07 Å². The molecule has 0 saturated heterocycles. The Bertz CT molecular complexity index is 790. The molecule has 0 aliphatic rings. The van der Waals surface area contributed by atoms with Crippen molar-refractivity contribution < 1.29 is 0 Å². The zero-order valence-electron chi connectivity index (χ0n) is 9.70. The second-order valence-corrected chi connectivity index (χ2v) is 3.76. The molecule has 1 unspecified atom stereocenters. The third-order valence-corrected chi connectivity index (χ3v) is 2.60. The van der Waals surface area contributed by atoms with E-state index in [9.17, 15) is 14.9 Å². The molecule has 6 heteroatoms. The van der Waals surface area contributed by atoms with Gasteiger partial charge in [0, 0.05) is 6.20 Å². The van der Waals surface area contributed by atoms with Crippen molar-refractivity contribution in [3.05, 3.63) is 68.5 Å². The van der Waals surface area contributed by atoms with Crippen molar-refractivity contribution in [2.45, 2.75) is 6.04 Å². The van der Waals surface area contributed by atoms with Crippen LogP contribution in [0.15, 0.2) is 46.1 Å². The number of hydrogen-bond acceptors (Lipinski definition) is 4. The van der Waals surface area contributed by atoms with Gasteiger partial charge in [0.1, 0.15) is 11.6 Å². The van der Waals surface area contributed by atoms with Gasteiger partial charge in [-0.1, -0.05) is 30.3 Å². The number of aromatic nitrogens is 2. The lowest BCUT2D eigenvalue weighted by Gasteiger charge is -2.12. The minimum absolute atomic E-state index is 0.212. The van der Waals surface area contributed by atoms with E-state index in [1.54, 1.807) is 36.4 Å². The van der Waals surface area contributed by atoms with Crippen LogP contribution in [0.25, 0.3) is 0 Å². The van der Waals surface area contributed by atoms with Crippen molar-refractivity contribution in [3.8, 4) is 12.1 Å². The van der Waals surface area contributed by atoms with E-state index in [1.807, 2.05) is 11.1 Å². The van der Waals surface area contributed by atoms with E-state index in [1.165, 1.54) is 0 Å². The fraction of sp³-hybridized carbons (Fsp3) is 0.0769. The number of aromatic amines is 1. The molecule has 0 saturated carbocycles. The van der Waals surface area contributed by atoms with Crippen LogP contribution in [-0.4, -0.2) is 9.55 Å². The maximum atomic E-state index is 11.7. The van der Waals surface area contributed by atoms with Gasteiger partial charge in [-0.15, -0.1) is 0 Å². The van der Waals surface area contributed by atoms with E-state index >= 15 is 0 Å². The van der Waals surface area contributed by atoms with Crippen LogP contribution in [0.2, 0.25) is 0 Å². The lowest BCUT2D eigenvalue weighted by molar-refractivity contribution is 0.652. The van der Waals surface area contributed by atoms with Gasteiger partial charge in [-0.05, 0) is 5.56 Å². The minimum atomic E-state index is -0.891. The van der Waals surface area contributed by atoms with Crippen molar-refractivity contribution in [2.24, 2.45) is 0 Å². The molecule has 0 amide bonds. The highest BCUT2D eigenvalue weighted by molar-refractivity contribution is 5.28. The number of H-pyrrole nitrogens is 1. The predicted octanol–water partition coefficient (Wildman–Crippen LogP) is 0.521. The normalized spacial score (nSPS) is 11.3. The Balaban J connectivity index is 2.65. The Morgan fingerprint density at radius 3 is 2.42 bits per heavy atom. The van der Waals surface area contributed by atoms with E-state index in [-0.39, 0.29) is 5.56 Å². The average molecular weight is 252 g/mol. The van der Waals surface area contributed by atoms with Crippen LogP contribution in [0.4, 0.5) is 0 Å². The summed E-state index contributed by atoms with van der Waals surface area (Å²) in [4.78, 5) is 25.0. The van der Waals surface area contributed by atoms with Gasteiger partial charge in [0.15, 0.2) is 6.04 Å². The van der Waals surface area contributed by atoms with Crippen LogP contribution >= 0.6 is 0 Å². The Morgan fingerprint density at radius 2 is 1.84 bits per heavy atom. The van der Waals surface area contributed by atoms with Crippen LogP contribution in [0.3, 0.4) is 0 Å². The van der Waals surface area contributed by atoms with Gasteiger partial charge < -0.3 is 0 Å². The van der Waals surface area contributed by atoms with E-state index in [0.717, 1.165) is 10.8 Å². The van der Waals surface area contributed by atoms with Crippen molar-refractivity contribution >= 4 is 0 Å². The molecule has 2 rings (SSSR count). The summed E-state index contributed by atoms with van der Waals surface area (Å²) in [7, 11) is 0. The molecule has 1 N–H and O–H groups in total. The van der Waals surface area contributed by atoms with Gasteiger partial charge >= 0.3 is 5.69 Å². The first-order valence-electron chi connectivity index (χ1n) is 5.37. The molecule has 0 fully saturated rings. The Morgan fingerprint density at radius 1 is 1.16 bits per heavy atom. The van der Waals surface area contributed by atoms with Crippen LogP contribution < -0.4 is 11.2 Å². The van der Waals surface area contributed by atoms with Crippen molar-refractivity contribution in [1.29, 1.82) is 10.5 Å². The van der Waals surface area contributed by atoms with Crippen LogP contribution in [-0.2, 0) is 0 Å². The molecule has 92 valence electrons. The largest absolute Gasteiger partial charge is 0.329 e. The van der Waals surface area contributed by atoms with E-state index < -0.39 is 17.3 Å². The molecule has 19 heavy (non-hydrogen) atoms. The number of rotatable bonds is 2. The Kier molecular flexibility index (Phi) is 3.26. The van der Waals surface area contributed by atoms with Gasteiger partial charge in [-0.2, -0.15) is 10.5 Å². The molecule has 0 bridgehead atoms. The second-order valence-electron chi connectivity index (χ2n) is 3.76. The van der Waals surface area contributed by atoms with Crippen LogP contribution in [0.1, 0.15) is 17.2 Å². The maximum absolute atomic E-state index is 11.7. The summed E-state index contributed by atoms with van der Waals surface area (Å²) in [6, 6.07) is 11.4. The van der Waals surface area contributed by atoms with Gasteiger partial charge in [0.2, 0.25) is 0 Å². The molecule has 6 nitrogen and oxygen atoms in total. The minimum Gasteiger partial charge on any atom is -0.279 e. The van der Waals surface area contributed by atoms with Crippen LogP contribution in [0, 0.1) is 22.7 Å². The molecule has 0 aliphatic heterocycles.